The Bertz CT molecular complexity index is 507. The first-order chi connectivity index (χ1) is 9.54. The largest absolute Gasteiger partial charge is 0.370 e. The van der Waals surface area contributed by atoms with E-state index in [0.717, 1.165) is 13.0 Å². The molecule has 5 heteroatoms. The van der Waals surface area contributed by atoms with Gasteiger partial charge in [-0.15, -0.1) is 0 Å². The van der Waals surface area contributed by atoms with Gasteiger partial charge in [-0.25, -0.2) is 4.98 Å². The molecule has 0 aliphatic carbocycles. The number of hydrogen-bond donors (Lipinski definition) is 2. The number of nitrogens with zero attached hydrogens (tertiary/aromatic N) is 1. The molecule has 1 amide bonds. The van der Waals surface area contributed by atoms with Gasteiger partial charge in [-0.05, 0) is 38.7 Å². The molecular weight excluding hydrogens is 286 g/mol. The number of aromatic nitrogens is 1. The smallest absolute Gasteiger partial charge is 0.253 e. The highest BCUT2D eigenvalue weighted by molar-refractivity contribution is 6.33. The zero-order valence-corrected chi connectivity index (χ0v) is 14.6. The first kappa shape index (κ1) is 17.8. The van der Waals surface area contributed by atoms with Crippen LogP contribution in [-0.4, -0.2) is 23.0 Å². The lowest BCUT2D eigenvalue weighted by Gasteiger charge is -2.33. The molecular formula is C16H26ClN3O. The molecule has 0 saturated heterocycles. The molecule has 1 aromatic heterocycles. The maximum absolute atomic E-state index is 12.5. The van der Waals surface area contributed by atoms with Gasteiger partial charge in [0.1, 0.15) is 5.82 Å². The molecule has 0 fully saturated rings. The number of carbonyl (C=O) groups excluding carboxylic acids is 1. The van der Waals surface area contributed by atoms with Gasteiger partial charge in [0.2, 0.25) is 0 Å². The fraction of sp³-hybridized carbons (Fsp3) is 0.625. The predicted octanol–water partition coefficient (Wildman–Crippen LogP) is 4.11. The summed E-state index contributed by atoms with van der Waals surface area (Å²) in [5, 5.41) is 6.50. The molecule has 0 aliphatic heterocycles. The minimum absolute atomic E-state index is 0.133. The number of anilines is 1. The third-order valence-corrected chi connectivity index (χ3v) is 3.18. The van der Waals surface area contributed by atoms with Crippen LogP contribution >= 0.6 is 11.6 Å². The maximum Gasteiger partial charge on any atom is 0.253 e. The van der Waals surface area contributed by atoms with Crippen LogP contribution in [0.5, 0.6) is 0 Å². The van der Waals surface area contributed by atoms with E-state index in [1.54, 1.807) is 6.07 Å². The molecule has 1 rings (SSSR count). The Kier molecular flexibility index (Phi) is 5.62. The summed E-state index contributed by atoms with van der Waals surface area (Å²) in [5.41, 5.74) is 0.276. The third-order valence-electron chi connectivity index (χ3n) is 2.88. The summed E-state index contributed by atoms with van der Waals surface area (Å²) in [6.45, 7) is 13.2. The second kappa shape index (κ2) is 6.65. The standard InChI is InChI=1S/C16H26ClN3O/c1-7-18-13-8-11(12(17)9-19-13)14(21)20-16(5,6)10-15(2,3)4/h8-9H,7,10H2,1-6H3,(H,18,19)(H,20,21). The van der Waals surface area contributed by atoms with Crippen LogP contribution in [0.4, 0.5) is 5.82 Å². The fourth-order valence-electron chi connectivity index (χ4n) is 2.64. The SMILES string of the molecule is CCNc1cc(C(=O)NC(C)(C)CC(C)(C)C)c(Cl)cn1. The summed E-state index contributed by atoms with van der Waals surface area (Å²) >= 11 is 6.10. The summed E-state index contributed by atoms with van der Waals surface area (Å²) in [4.78, 5) is 16.6. The molecule has 0 spiro atoms. The van der Waals surface area contributed by atoms with Crippen molar-refractivity contribution >= 4 is 23.3 Å². The maximum atomic E-state index is 12.5. The van der Waals surface area contributed by atoms with Crippen molar-refractivity contribution in [2.45, 2.75) is 53.5 Å². The molecule has 1 heterocycles. The second-order valence-electron chi connectivity index (χ2n) is 7.16. The molecule has 0 atom stereocenters. The summed E-state index contributed by atoms with van der Waals surface area (Å²) in [5.74, 6) is 0.483. The highest BCUT2D eigenvalue weighted by atomic mass is 35.5. The number of nitrogens with one attached hydrogen (secondary N) is 2. The van der Waals surface area contributed by atoms with Crippen LogP contribution < -0.4 is 10.6 Å². The first-order valence-electron chi connectivity index (χ1n) is 7.26. The fourth-order valence-corrected chi connectivity index (χ4v) is 2.82. The molecule has 2 N–H and O–H groups in total. The molecule has 118 valence electrons. The van der Waals surface area contributed by atoms with Crippen LogP contribution in [0.1, 0.15) is 58.3 Å². The van der Waals surface area contributed by atoms with E-state index in [1.165, 1.54) is 6.20 Å². The molecule has 0 radical (unpaired) electrons. The summed E-state index contributed by atoms with van der Waals surface area (Å²) in [6, 6.07) is 1.69. The van der Waals surface area contributed by atoms with Gasteiger partial charge in [0.25, 0.3) is 5.91 Å². The Hall–Kier alpha value is -1.29. The monoisotopic (exact) mass is 311 g/mol. The Morgan fingerprint density at radius 1 is 1.29 bits per heavy atom. The molecule has 21 heavy (non-hydrogen) atoms. The van der Waals surface area contributed by atoms with Gasteiger partial charge in [-0.1, -0.05) is 32.4 Å². The number of amides is 1. The van der Waals surface area contributed by atoms with Gasteiger partial charge in [-0.3, -0.25) is 4.79 Å². The van der Waals surface area contributed by atoms with Crippen molar-refractivity contribution in [3.8, 4) is 0 Å². The topological polar surface area (TPSA) is 54.0 Å². The van der Waals surface area contributed by atoms with E-state index in [0.29, 0.717) is 16.4 Å². The van der Waals surface area contributed by atoms with Crippen molar-refractivity contribution in [2.75, 3.05) is 11.9 Å². The highest BCUT2D eigenvalue weighted by Crippen LogP contribution is 2.27. The van der Waals surface area contributed by atoms with Crippen LogP contribution in [0.3, 0.4) is 0 Å². The normalized spacial score (nSPS) is 12.1. The van der Waals surface area contributed by atoms with Gasteiger partial charge in [-0.2, -0.15) is 0 Å². The summed E-state index contributed by atoms with van der Waals surface area (Å²) < 4.78 is 0. The molecule has 0 aromatic carbocycles. The number of rotatable bonds is 5. The van der Waals surface area contributed by atoms with Gasteiger partial charge in [0, 0.05) is 18.3 Å². The Morgan fingerprint density at radius 3 is 2.43 bits per heavy atom. The third kappa shape index (κ3) is 5.92. The quantitative estimate of drug-likeness (QED) is 0.860. The molecule has 0 saturated carbocycles. The van der Waals surface area contributed by atoms with Crippen molar-refractivity contribution in [2.24, 2.45) is 5.41 Å². The van der Waals surface area contributed by atoms with Gasteiger partial charge in [0.15, 0.2) is 0 Å². The van der Waals surface area contributed by atoms with E-state index in [2.05, 4.69) is 36.4 Å². The number of halogens is 1. The minimum Gasteiger partial charge on any atom is -0.370 e. The molecule has 0 aliphatic rings. The van der Waals surface area contributed by atoms with Crippen molar-refractivity contribution in [3.63, 3.8) is 0 Å². The average Bonchev–Trinajstić information content (AvgIpc) is 2.27. The van der Waals surface area contributed by atoms with Gasteiger partial charge in [0.05, 0.1) is 10.6 Å². The lowest BCUT2D eigenvalue weighted by Crippen LogP contribution is -2.45. The van der Waals surface area contributed by atoms with E-state index < -0.39 is 0 Å². The second-order valence-corrected chi connectivity index (χ2v) is 7.56. The predicted molar refractivity (Wildman–Crippen MR) is 89.0 cm³/mol. The van der Waals surface area contributed by atoms with E-state index in [1.807, 2.05) is 20.8 Å². The zero-order valence-electron chi connectivity index (χ0n) is 13.8. The van der Waals surface area contributed by atoms with Crippen molar-refractivity contribution in [3.05, 3.63) is 22.8 Å². The van der Waals surface area contributed by atoms with E-state index in [-0.39, 0.29) is 16.9 Å². The Labute approximate surface area is 132 Å². The van der Waals surface area contributed by atoms with Crippen LogP contribution in [0.15, 0.2) is 12.3 Å². The van der Waals surface area contributed by atoms with Crippen LogP contribution in [-0.2, 0) is 0 Å². The number of carbonyl (C=O) groups is 1. The lowest BCUT2D eigenvalue weighted by atomic mass is 9.81. The minimum atomic E-state index is -0.305. The highest BCUT2D eigenvalue weighted by Gasteiger charge is 2.28. The van der Waals surface area contributed by atoms with Crippen molar-refractivity contribution in [1.29, 1.82) is 0 Å². The van der Waals surface area contributed by atoms with Crippen molar-refractivity contribution in [1.82, 2.24) is 10.3 Å². The zero-order chi connectivity index (χ0) is 16.3. The van der Waals surface area contributed by atoms with Crippen molar-refractivity contribution < 1.29 is 4.79 Å². The van der Waals surface area contributed by atoms with Gasteiger partial charge < -0.3 is 10.6 Å². The average molecular weight is 312 g/mol. The van der Waals surface area contributed by atoms with E-state index in [4.69, 9.17) is 11.6 Å². The van der Waals surface area contributed by atoms with E-state index >= 15 is 0 Å². The molecule has 0 unspecified atom stereocenters. The Morgan fingerprint density at radius 2 is 1.90 bits per heavy atom. The number of hydrogen-bond acceptors (Lipinski definition) is 3. The molecule has 1 aromatic rings. The van der Waals surface area contributed by atoms with Gasteiger partial charge >= 0.3 is 0 Å². The lowest BCUT2D eigenvalue weighted by molar-refractivity contribution is 0.0891. The first-order valence-corrected chi connectivity index (χ1v) is 7.64. The molecule has 0 bridgehead atoms. The Balaban J connectivity index is 2.91. The van der Waals surface area contributed by atoms with Crippen LogP contribution in [0.2, 0.25) is 5.02 Å². The molecule has 4 nitrogen and oxygen atoms in total. The summed E-state index contributed by atoms with van der Waals surface area (Å²) in [7, 11) is 0. The van der Waals surface area contributed by atoms with Crippen LogP contribution in [0.25, 0.3) is 0 Å². The summed E-state index contributed by atoms with van der Waals surface area (Å²) in [6.07, 6.45) is 2.37. The van der Waals surface area contributed by atoms with E-state index in [9.17, 15) is 4.79 Å². The van der Waals surface area contributed by atoms with Crippen LogP contribution in [0, 0.1) is 5.41 Å². The number of pyridine rings is 1.